The smallest absolute Gasteiger partial charge is 0.320 e. The van der Waals surface area contributed by atoms with Crippen molar-refractivity contribution in [3.05, 3.63) is 0 Å². The van der Waals surface area contributed by atoms with Crippen LogP contribution in [0.25, 0.3) is 0 Å². The molecule has 0 spiro atoms. The minimum Gasteiger partial charge on any atom is -0.480 e. The number of likely N-dealkylation sites (tertiary alicyclic amines) is 1. The highest BCUT2D eigenvalue weighted by Crippen LogP contribution is 2.43. The van der Waals surface area contributed by atoms with Gasteiger partial charge in [-0.3, -0.25) is 9.69 Å². The van der Waals surface area contributed by atoms with E-state index in [4.69, 9.17) is 0 Å². The minimum absolute atomic E-state index is 0.174. The van der Waals surface area contributed by atoms with E-state index in [9.17, 15) is 9.90 Å². The Bertz CT molecular complexity index is 288. The number of carboxylic acids is 1. The molecule has 0 aromatic rings. The third kappa shape index (κ3) is 1.75. The molecule has 0 aromatic carbocycles. The van der Waals surface area contributed by atoms with Crippen LogP contribution in [-0.4, -0.2) is 34.1 Å². The van der Waals surface area contributed by atoms with Gasteiger partial charge in [-0.1, -0.05) is 12.8 Å². The number of aliphatic carboxylic acids is 1. The molecule has 3 unspecified atom stereocenters. The van der Waals surface area contributed by atoms with Crippen molar-refractivity contribution in [1.82, 2.24) is 4.90 Å². The van der Waals surface area contributed by atoms with Crippen LogP contribution in [0.15, 0.2) is 0 Å². The van der Waals surface area contributed by atoms with E-state index in [-0.39, 0.29) is 6.04 Å². The summed E-state index contributed by atoms with van der Waals surface area (Å²) in [5.74, 6) is 0.209. The Morgan fingerprint density at radius 2 is 1.75 bits per heavy atom. The van der Waals surface area contributed by atoms with Crippen molar-refractivity contribution >= 4 is 5.97 Å². The molecule has 1 aliphatic heterocycles. The molecular weight excluding hydrogens is 202 g/mol. The maximum atomic E-state index is 11.3. The summed E-state index contributed by atoms with van der Waals surface area (Å²) in [5.41, 5.74) is 0. The first-order valence-electron chi connectivity index (χ1n) is 6.77. The number of hydrogen-bond donors (Lipinski definition) is 1. The number of carboxylic acid groups (broad SMARTS) is 1. The quantitative estimate of drug-likeness (QED) is 0.780. The van der Waals surface area contributed by atoms with Gasteiger partial charge in [0.2, 0.25) is 0 Å². The SMILES string of the molecule is O=C(O)C1CCC2CCCCC2N1C1CC1. The molecule has 0 bridgehead atoms. The fourth-order valence-electron chi connectivity index (χ4n) is 3.82. The summed E-state index contributed by atoms with van der Waals surface area (Å²) >= 11 is 0. The molecule has 90 valence electrons. The van der Waals surface area contributed by atoms with Gasteiger partial charge in [-0.25, -0.2) is 0 Å². The van der Waals surface area contributed by atoms with E-state index in [1.54, 1.807) is 0 Å². The molecule has 0 aromatic heterocycles. The molecule has 2 aliphatic carbocycles. The molecule has 1 heterocycles. The largest absolute Gasteiger partial charge is 0.480 e. The normalized spacial score (nSPS) is 40.4. The molecule has 2 saturated carbocycles. The lowest BCUT2D eigenvalue weighted by Gasteiger charge is -2.47. The highest BCUT2D eigenvalue weighted by molar-refractivity contribution is 5.73. The van der Waals surface area contributed by atoms with Gasteiger partial charge in [-0.05, 0) is 44.4 Å². The predicted octanol–water partition coefficient (Wildman–Crippen LogP) is 2.26. The van der Waals surface area contributed by atoms with Gasteiger partial charge < -0.3 is 5.11 Å². The van der Waals surface area contributed by atoms with Crippen LogP contribution in [0.2, 0.25) is 0 Å². The molecule has 3 atom stereocenters. The fourth-order valence-corrected chi connectivity index (χ4v) is 3.82. The van der Waals surface area contributed by atoms with E-state index in [0.29, 0.717) is 12.1 Å². The zero-order chi connectivity index (χ0) is 11.1. The Labute approximate surface area is 96.8 Å². The van der Waals surface area contributed by atoms with Crippen LogP contribution in [-0.2, 0) is 4.79 Å². The summed E-state index contributed by atoms with van der Waals surface area (Å²) in [6, 6.07) is 1.02. The minimum atomic E-state index is -0.587. The molecule has 16 heavy (non-hydrogen) atoms. The first-order chi connectivity index (χ1) is 7.77. The van der Waals surface area contributed by atoms with Crippen molar-refractivity contribution in [3.63, 3.8) is 0 Å². The molecule has 3 aliphatic rings. The van der Waals surface area contributed by atoms with Crippen LogP contribution >= 0.6 is 0 Å². The van der Waals surface area contributed by atoms with Crippen LogP contribution < -0.4 is 0 Å². The summed E-state index contributed by atoms with van der Waals surface area (Å²) in [7, 11) is 0. The van der Waals surface area contributed by atoms with Crippen LogP contribution in [0.3, 0.4) is 0 Å². The Morgan fingerprint density at radius 3 is 2.44 bits per heavy atom. The summed E-state index contributed by atoms with van der Waals surface area (Å²) in [6.45, 7) is 0. The van der Waals surface area contributed by atoms with Gasteiger partial charge in [0.1, 0.15) is 6.04 Å². The average molecular weight is 223 g/mol. The zero-order valence-electron chi connectivity index (χ0n) is 9.77. The second kappa shape index (κ2) is 4.02. The Morgan fingerprint density at radius 1 is 1.00 bits per heavy atom. The summed E-state index contributed by atoms with van der Waals surface area (Å²) in [6.07, 6.45) is 9.72. The average Bonchev–Trinajstić information content (AvgIpc) is 3.11. The Balaban J connectivity index is 1.80. The molecule has 3 nitrogen and oxygen atoms in total. The molecule has 0 amide bonds. The van der Waals surface area contributed by atoms with E-state index < -0.39 is 5.97 Å². The lowest BCUT2D eigenvalue weighted by atomic mass is 9.76. The van der Waals surface area contributed by atoms with Crippen LogP contribution in [0.1, 0.15) is 51.4 Å². The van der Waals surface area contributed by atoms with Crippen molar-refractivity contribution in [2.75, 3.05) is 0 Å². The lowest BCUT2D eigenvalue weighted by Crippen LogP contribution is -2.55. The number of hydrogen-bond acceptors (Lipinski definition) is 2. The van der Waals surface area contributed by atoms with Gasteiger partial charge in [-0.2, -0.15) is 0 Å². The molecule has 1 saturated heterocycles. The van der Waals surface area contributed by atoms with Crippen LogP contribution in [0.5, 0.6) is 0 Å². The summed E-state index contributed by atoms with van der Waals surface area (Å²) < 4.78 is 0. The number of fused-ring (bicyclic) bond motifs is 1. The van der Waals surface area contributed by atoms with E-state index in [2.05, 4.69) is 4.90 Å². The number of nitrogens with zero attached hydrogens (tertiary/aromatic N) is 1. The highest BCUT2D eigenvalue weighted by Gasteiger charge is 2.47. The van der Waals surface area contributed by atoms with Gasteiger partial charge in [0.25, 0.3) is 0 Å². The van der Waals surface area contributed by atoms with E-state index in [1.807, 2.05) is 0 Å². The van der Waals surface area contributed by atoms with Gasteiger partial charge in [0.05, 0.1) is 0 Å². The monoisotopic (exact) mass is 223 g/mol. The third-order valence-corrected chi connectivity index (χ3v) is 4.68. The molecule has 3 fully saturated rings. The molecule has 3 rings (SSSR count). The van der Waals surface area contributed by atoms with Crippen molar-refractivity contribution in [2.24, 2.45) is 5.92 Å². The molecular formula is C13H21NO2. The molecule has 3 heteroatoms. The topological polar surface area (TPSA) is 40.5 Å². The van der Waals surface area contributed by atoms with Gasteiger partial charge in [0, 0.05) is 12.1 Å². The van der Waals surface area contributed by atoms with Crippen LogP contribution in [0.4, 0.5) is 0 Å². The number of rotatable bonds is 2. The lowest BCUT2D eigenvalue weighted by molar-refractivity contribution is -0.148. The zero-order valence-corrected chi connectivity index (χ0v) is 9.77. The number of carbonyl (C=O) groups is 1. The van der Waals surface area contributed by atoms with Crippen LogP contribution in [0, 0.1) is 5.92 Å². The van der Waals surface area contributed by atoms with E-state index >= 15 is 0 Å². The maximum Gasteiger partial charge on any atom is 0.320 e. The maximum absolute atomic E-state index is 11.3. The molecule has 1 N–H and O–H groups in total. The van der Waals surface area contributed by atoms with Crippen molar-refractivity contribution in [2.45, 2.75) is 69.5 Å². The van der Waals surface area contributed by atoms with Crippen molar-refractivity contribution in [3.8, 4) is 0 Å². The predicted molar refractivity (Wildman–Crippen MR) is 61.3 cm³/mol. The van der Waals surface area contributed by atoms with Gasteiger partial charge in [-0.15, -0.1) is 0 Å². The number of piperidine rings is 1. The first-order valence-corrected chi connectivity index (χ1v) is 6.77. The fraction of sp³-hybridized carbons (Fsp3) is 0.923. The van der Waals surface area contributed by atoms with Gasteiger partial charge in [0.15, 0.2) is 0 Å². The standard InChI is InChI=1S/C13H21NO2/c15-13(16)12-8-5-9-3-1-2-4-11(9)14(12)10-6-7-10/h9-12H,1-8H2,(H,15,16). The second-order valence-corrected chi connectivity index (χ2v) is 5.72. The molecule has 0 radical (unpaired) electrons. The van der Waals surface area contributed by atoms with Crippen molar-refractivity contribution in [1.29, 1.82) is 0 Å². The Hall–Kier alpha value is -0.570. The highest BCUT2D eigenvalue weighted by atomic mass is 16.4. The second-order valence-electron chi connectivity index (χ2n) is 5.72. The van der Waals surface area contributed by atoms with E-state index in [0.717, 1.165) is 18.8 Å². The van der Waals surface area contributed by atoms with E-state index in [1.165, 1.54) is 38.5 Å². The first kappa shape index (κ1) is 10.6. The van der Waals surface area contributed by atoms with Crippen molar-refractivity contribution < 1.29 is 9.90 Å². The third-order valence-electron chi connectivity index (χ3n) is 4.68. The summed E-state index contributed by atoms with van der Waals surface area (Å²) in [5, 5.41) is 9.33. The Kier molecular flexibility index (Phi) is 2.66. The summed E-state index contributed by atoms with van der Waals surface area (Å²) in [4.78, 5) is 13.7. The van der Waals surface area contributed by atoms with Gasteiger partial charge >= 0.3 is 5.97 Å².